The van der Waals surface area contributed by atoms with E-state index >= 15 is 0 Å². The second-order valence-corrected chi connectivity index (χ2v) is 7.45. The van der Waals surface area contributed by atoms with Crippen LogP contribution >= 0.6 is 11.8 Å². The third kappa shape index (κ3) is 3.89. The van der Waals surface area contributed by atoms with Gasteiger partial charge in [-0.3, -0.25) is 4.79 Å². The lowest BCUT2D eigenvalue weighted by Crippen LogP contribution is -2.22. The van der Waals surface area contributed by atoms with Gasteiger partial charge in [-0.05, 0) is 42.6 Å². The summed E-state index contributed by atoms with van der Waals surface area (Å²) in [6.07, 6.45) is 0. The molecule has 0 aliphatic carbocycles. The number of nitrogens with zero attached hydrogens (tertiary/aromatic N) is 2. The molecular formula is C21H16FN3O2S. The van der Waals surface area contributed by atoms with E-state index in [1.165, 1.54) is 23.9 Å². The van der Waals surface area contributed by atoms with Gasteiger partial charge < -0.3 is 9.73 Å². The van der Waals surface area contributed by atoms with E-state index in [0.717, 1.165) is 16.5 Å². The van der Waals surface area contributed by atoms with Crippen LogP contribution in [0.25, 0.3) is 22.2 Å². The number of nitrogens with one attached hydrogen (secondary N) is 1. The van der Waals surface area contributed by atoms with Crippen molar-refractivity contribution in [3.05, 3.63) is 72.5 Å². The Morgan fingerprint density at radius 3 is 2.61 bits per heavy atom. The molecule has 3 aromatic carbocycles. The van der Waals surface area contributed by atoms with Crippen LogP contribution in [0, 0.1) is 5.82 Å². The number of fused-ring (bicyclic) bond motifs is 1. The third-order valence-electron chi connectivity index (χ3n) is 4.19. The lowest BCUT2D eigenvalue weighted by atomic mass is 10.1. The average Bonchev–Trinajstić information content (AvgIpc) is 3.17. The molecule has 5 nitrogen and oxygen atoms in total. The molecule has 1 N–H and O–H groups in total. The number of hydrogen-bond donors (Lipinski definition) is 1. The number of thioether (sulfide) groups is 1. The normalized spacial score (nSPS) is 12.1. The van der Waals surface area contributed by atoms with Crippen molar-refractivity contribution in [3.8, 4) is 11.5 Å². The molecule has 0 unspecified atom stereocenters. The van der Waals surface area contributed by atoms with Gasteiger partial charge in [0.1, 0.15) is 5.82 Å². The minimum atomic E-state index is -0.444. The third-order valence-corrected chi connectivity index (χ3v) is 5.13. The summed E-state index contributed by atoms with van der Waals surface area (Å²) in [5.74, 6) is -0.219. The smallest absolute Gasteiger partial charge is 0.277 e. The molecule has 1 amide bonds. The molecule has 4 rings (SSSR count). The van der Waals surface area contributed by atoms with E-state index in [1.807, 2.05) is 42.5 Å². The summed E-state index contributed by atoms with van der Waals surface area (Å²) < 4.78 is 18.6. The number of amides is 1. The largest absolute Gasteiger partial charge is 0.411 e. The quantitative estimate of drug-likeness (QED) is 0.475. The first-order valence-corrected chi connectivity index (χ1v) is 9.53. The maximum atomic E-state index is 13.0. The summed E-state index contributed by atoms with van der Waals surface area (Å²) in [5, 5.41) is 12.8. The van der Waals surface area contributed by atoms with Gasteiger partial charge in [-0.15, -0.1) is 10.2 Å². The van der Waals surface area contributed by atoms with Crippen LogP contribution in [0.2, 0.25) is 0 Å². The van der Waals surface area contributed by atoms with Crippen molar-refractivity contribution in [2.45, 2.75) is 17.4 Å². The van der Waals surface area contributed by atoms with Crippen molar-refractivity contribution in [2.24, 2.45) is 0 Å². The molecule has 140 valence electrons. The molecule has 0 bridgehead atoms. The summed E-state index contributed by atoms with van der Waals surface area (Å²) in [5.41, 5.74) is 1.38. The SMILES string of the molecule is C[C@@H](Sc1nnc(-c2ccc(F)cc2)o1)C(=O)Nc1cccc2ccccc12. The van der Waals surface area contributed by atoms with Gasteiger partial charge in [0.05, 0.1) is 5.25 Å². The molecule has 1 aromatic heterocycles. The predicted octanol–water partition coefficient (Wildman–Crippen LogP) is 5.15. The van der Waals surface area contributed by atoms with Crippen molar-refractivity contribution in [3.63, 3.8) is 0 Å². The number of carbonyl (C=O) groups is 1. The highest BCUT2D eigenvalue weighted by Gasteiger charge is 2.19. The molecule has 1 heterocycles. The van der Waals surface area contributed by atoms with Crippen molar-refractivity contribution in [1.82, 2.24) is 10.2 Å². The molecule has 7 heteroatoms. The highest BCUT2D eigenvalue weighted by Crippen LogP contribution is 2.28. The van der Waals surface area contributed by atoms with E-state index in [4.69, 9.17) is 4.42 Å². The number of aromatic nitrogens is 2. The number of benzene rings is 3. The van der Waals surface area contributed by atoms with Crippen LogP contribution in [0.5, 0.6) is 0 Å². The average molecular weight is 393 g/mol. The summed E-state index contributed by atoms with van der Waals surface area (Å²) in [6.45, 7) is 1.77. The first-order valence-electron chi connectivity index (χ1n) is 8.65. The molecule has 4 aromatic rings. The number of carbonyl (C=O) groups excluding carboxylic acids is 1. The maximum absolute atomic E-state index is 13.0. The van der Waals surface area contributed by atoms with E-state index < -0.39 is 5.25 Å². The molecule has 0 fully saturated rings. The van der Waals surface area contributed by atoms with E-state index in [0.29, 0.717) is 5.56 Å². The van der Waals surface area contributed by atoms with Crippen LogP contribution in [0.3, 0.4) is 0 Å². The predicted molar refractivity (Wildman–Crippen MR) is 108 cm³/mol. The molecule has 0 saturated carbocycles. The Labute approximate surface area is 165 Å². The zero-order valence-corrected chi connectivity index (χ0v) is 15.7. The summed E-state index contributed by atoms with van der Waals surface area (Å²) in [4.78, 5) is 12.6. The van der Waals surface area contributed by atoms with Crippen LogP contribution < -0.4 is 5.32 Å². The Kier molecular flexibility index (Phi) is 5.08. The van der Waals surface area contributed by atoms with E-state index in [2.05, 4.69) is 15.5 Å². The van der Waals surface area contributed by atoms with Gasteiger partial charge in [0.25, 0.3) is 5.22 Å². The second-order valence-electron chi connectivity index (χ2n) is 6.16. The molecule has 28 heavy (non-hydrogen) atoms. The van der Waals surface area contributed by atoms with Crippen LogP contribution in [0.15, 0.2) is 76.4 Å². The highest BCUT2D eigenvalue weighted by molar-refractivity contribution is 8.00. The fourth-order valence-electron chi connectivity index (χ4n) is 2.74. The van der Waals surface area contributed by atoms with Crippen LogP contribution in [-0.2, 0) is 4.79 Å². The van der Waals surface area contributed by atoms with Gasteiger partial charge in [0, 0.05) is 16.6 Å². The van der Waals surface area contributed by atoms with Crippen molar-refractivity contribution >= 4 is 34.1 Å². The van der Waals surface area contributed by atoms with Crippen molar-refractivity contribution in [1.29, 1.82) is 0 Å². The van der Waals surface area contributed by atoms with Crippen LogP contribution in [-0.4, -0.2) is 21.4 Å². The van der Waals surface area contributed by atoms with Crippen molar-refractivity contribution in [2.75, 3.05) is 5.32 Å². The van der Waals surface area contributed by atoms with Crippen LogP contribution in [0.4, 0.5) is 10.1 Å². The summed E-state index contributed by atoms with van der Waals surface area (Å²) in [7, 11) is 0. The minimum Gasteiger partial charge on any atom is -0.411 e. The Morgan fingerprint density at radius 2 is 1.79 bits per heavy atom. The van der Waals surface area contributed by atoms with Gasteiger partial charge >= 0.3 is 0 Å². The second kappa shape index (κ2) is 7.82. The lowest BCUT2D eigenvalue weighted by Gasteiger charge is -2.12. The summed E-state index contributed by atoms with van der Waals surface area (Å²) >= 11 is 1.17. The minimum absolute atomic E-state index is 0.164. The van der Waals surface area contributed by atoms with Crippen molar-refractivity contribution < 1.29 is 13.6 Å². The molecule has 1 atom stereocenters. The molecule has 0 radical (unpaired) electrons. The Morgan fingerprint density at radius 1 is 1.04 bits per heavy atom. The molecule has 0 spiro atoms. The van der Waals surface area contributed by atoms with Gasteiger partial charge in [-0.1, -0.05) is 48.2 Å². The summed E-state index contributed by atoms with van der Waals surface area (Å²) in [6, 6.07) is 19.4. The molecule has 0 aliphatic rings. The zero-order valence-electron chi connectivity index (χ0n) is 14.9. The zero-order chi connectivity index (χ0) is 19.5. The Balaban J connectivity index is 1.45. The molecular weight excluding hydrogens is 377 g/mol. The monoisotopic (exact) mass is 393 g/mol. The standard InChI is InChI=1S/C21H16FN3O2S/c1-13(19(26)23-18-8-4-6-14-5-2-3-7-17(14)18)28-21-25-24-20(27-21)15-9-11-16(22)12-10-15/h2-13H,1H3,(H,23,26)/t13-/m1/s1. The van der Waals surface area contributed by atoms with Crippen LogP contribution in [0.1, 0.15) is 6.92 Å². The van der Waals surface area contributed by atoms with E-state index in [9.17, 15) is 9.18 Å². The van der Waals surface area contributed by atoms with Gasteiger partial charge in [0.2, 0.25) is 11.8 Å². The highest BCUT2D eigenvalue weighted by atomic mass is 32.2. The van der Waals surface area contributed by atoms with E-state index in [1.54, 1.807) is 19.1 Å². The molecule has 0 saturated heterocycles. The van der Waals surface area contributed by atoms with E-state index in [-0.39, 0.29) is 22.8 Å². The fourth-order valence-corrected chi connectivity index (χ4v) is 3.42. The molecule has 0 aliphatic heterocycles. The fraction of sp³-hybridized carbons (Fsp3) is 0.0952. The van der Waals surface area contributed by atoms with Gasteiger partial charge in [0.15, 0.2) is 0 Å². The first-order chi connectivity index (χ1) is 13.6. The Hall–Kier alpha value is -3.19. The number of hydrogen-bond acceptors (Lipinski definition) is 5. The lowest BCUT2D eigenvalue weighted by molar-refractivity contribution is -0.115. The van der Waals surface area contributed by atoms with Gasteiger partial charge in [-0.2, -0.15) is 0 Å². The number of rotatable bonds is 5. The first kappa shape index (κ1) is 18.2. The Bertz CT molecular complexity index is 1120. The number of anilines is 1. The van der Waals surface area contributed by atoms with Gasteiger partial charge in [-0.25, -0.2) is 4.39 Å². The topological polar surface area (TPSA) is 68.0 Å². The number of halogens is 1. The maximum Gasteiger partial charge on any atom is 0.277 e.